The topological polar surface area (TPSA) is 66.4 Å². The standard InChI is InChI=1S/C13H18INO3S/c14-11-3-5-12(6-4-11)19(17,18)15-9-13(10-16)7-1-2-8-13/h3-6,15-16H,1-2,7-10H2. The van der Waals surface area contributed by atoms with E-state index in [1.165, 1.54) is 0 Å². The summed E-state index contributed by atoms with van der Waals surface area (Å²) in [7, 11) is -3.48. The highest BCUT2D eigenvalue weighted by molar-refractivity contribution is 14.1. The van der Waals surface area contributed by atoms with E-state index < -0.39 is 10.0 Å². The van der Waals surface area contributed by atoms with Crippen LogP contribution in [0.1, 0.15) is 25.7 Å². The highest BCUT2D eigenvalue weighted by Gasteiger charge is 2.34. The van der Waals surface area contributed by atoms with Gasteiger partial charge < -0.3 is 5.11 Å². The first-order valence-corrected chi connectivity index (χ1v) is 8.90. The van der Waals surface area contributed by atoms with Crippen LogP contribution in [0, 0.1) is 8.99 Å². The summed E-state index contributed by atoms with van der Waals surface area (Å²) in [5, 5.41) is 9.48. The van der Waals surface area contributed by atoms with E-state index in [9.17, 15) is 13.5 Å². The average molecular weight is 395 g/mol. The second-order valence-corrected chi connectivity index (χ2v) is 8.16. The maximum atomic E-state index is 12.2. The molecule has 106 valence electrons. The molecule has 2 N–H and O–H groups in total. The minimum atomic E-state index is -3.48. The van der Waals surface area contributed by atoms with Crippen molar-refractivity contribution in [3.05, 3.63) is 27.8 Å². The van der Waals surface area contributed by atoms with Crippen LogP contribution in [0.4, 0.5) is 0 Å². The molecule has 0 atom stereocenters. The van der Waals surface area contributed by atoms with Gasteiger partial charge in [0.15, 0.2) is 0 Å². The largest absolute Gasteiger partial charge is 0.396 e. The molecule has 1 saturated carbocycles. The zero-order valence-electron chi connectivity index (χ0n) is 10.6. The fraction of sp³-hybridized carbons (Fsp3) is 0.538. The van der Waals surface area contributed by atoms with Gasteiger partial charge in [0.05, 0.1) is 4.90 Å². The van der Waals surface area contributed by atoms with Crippen LogP contribution in [-0.4, -0.2) is 26.7 Å². The molecule has 1 aliphatic rings. The van der Waals surface area contributed by atoms with Gasteiger partial charge in [-0.2, -0.15) is 0 Å². The van der Waals surface area contributed by atoms with E-state index in [-0.39, 0.29) is 16.9 Å². The summed E-state index contributed by atoms with van der Waals surface area (Å²) in [6, 6.07) is 6.74. The van der Waals surface area contributed by atoms with Gasteiger partial charge in [-0.25, -0.2) is 13.1 Å². The molecular formula is C13H18INO3S. The molecule has 0 saturated heterocycles. The number of halogens is 1. The van der Waals surface area contributed by atoms with Crippen molar-refractivity contribution < 1.29 is 13.5 Å². The van der Waals surface area contributed by atoms with Crippen LogP contribution in [0.5, 0.6) is 0 Å². The number of aliphatic hydroxyl groups excluding tert-OH is 1. The van der Waals surface area contributed by atoms with Crippen molar-refractivity contribution in [2.75, 3.05) is 13.2 Å². The van der Waals surface area contributed by atoms with Crippen molar-refractivity contribution in [3.63, 3.8) is 0 Å². The first kappa shape index (κ1) is 15.2. The summed E-state index contributed by atoms with van der Waals surface area (Å²) < 4.78 is 28.0. The van der Waals surface area contributed by atoms with Gasteiger partial charge in [0.1, 0.15) is 0 Å². The Labute approximate surface area is 127 Å². The minimum absolute atomic E-state index is 0.0439. The number of aliphatic hydroxyl groups is 1. The summed E-state index contributed by atoms with van der Waals surface area (Å²) in [6.07, 6.45) is 3.90. The van der Waals surface area contributed by atoms with Crippen LogP contribution in [0.3, 0.4) is 0 Å². The number of hydrogen-bond donors (Lipinski definition) is 2. The van der Waals surface area contributed by atoms with Crippen molar-refractivity contribution in [1.82, 2.24) is 4.72 Å². The summed E-state index contributed by atoms with van der Waals surface area (Å²) in [5.74, 6) is 0. The van der Waals surface area contributed by atoms with Gasteiger partial charge in [-0.3, -0.25) is 0 Å². The first-order valence-electron chi connectivity index (χ1n) is 6.34. The average Bonchev–Trinajstić information content (AvgIpc) is 2.87. The lowest BCUT2D eigenvalue weighted by Gasteiger charge is -2.26. The molecule has 1 aliphatic carbocycles. The molecule has 6 heteroatoms. The molecule has 0 heterocycles. The van der Waals surface area contributed by atoms with Crippen LogP contribution in [-0.2, 0) is 10.0 Å². The Morgan fingerprint density at radius 2 is 1.79 bits per heavy atom. The van der Waals surface area contributed by atoms with Crippen LogP contribution < -0.4 is 4.72 Å². The number of benzene rings is 1. The Hall–Kier alpha value is -0.180. The SMILES string of the molecule is O=S(=O)(NCC1(CO)CCCC1)c1ccc(I)cc1. The van der Waals surface area contributed by atoms with Crippen molar-refractivity contribution in [2.45, 2.75) is 30.6 Å². The van der Waals surface area contributed by atoms with E-state index in [0.717, 1.165) is 29.3 Å². The Balaban J connectivity index is 2.07. The van der Waals surface area contributed by atoms with Gasteiger partial charge >= 0.3 is 0 Å². The smallest absolute Gasteiger partial charge is 0.240 e. The molecule has 19 heavy (non-hydrogen) atoms. The third-order valence-corrected chi connectivity index (χ3v) is 5.90. The Morgan fingerprint density at radius 3 is 2.32 bits per heavy atom. The Kier molecular flexibility index (Phi) is 4.86. The molecule has 0 aliphatic heterocycles. The number of nitrogens with one attached hydrogen (secondary N) is 1. The molecule has 1 fully saturated rings. The lowest BCUT2D eigenvalue weighted by molar-refractivity contribution is 0.134. The maximum Gasteiger partial charge on any atom is 0.240 e. The van der Waals surface area contributed by atoms with Crippen molar-refractivity contribution >= 4 is 32.6 Å². The third-order valence-electron chi connectivity index (χ3n) is 3.76. The normalized spacial score (nSPS) is 18.6. The lowest BCUT2D eigenvalue weighted by Crippen LogP contribution is -2.38. The van der Waals surface area contributed by atoms with Crippen LogP contribution >= 0.6 is 22.6 Å². The van der Waals surface area contributed by atoms with Gasteiger partial charge in [-0.05, 0) is 59.7 Å². The molecule has 1 aromatic rings. The van der Waals surface area contributed by atoms with Gasteiger partial charge in [0.2, 0.25) is 10.0 Å². The third kappa shape index (κ3) is 3.68. The second-order valence-electron chi connectivity index (χ2n) is 5.14. The highest BCUT2D eigenvalue weighted by Crippen LogP contribution is 2.37. The van der Waals surface area contributed by atoms with Gasteiger partial charge in [0, 0.05) is 22.1 Å². The van der Waals surface area contributed by atoms with Gasteiger partial charge in [-0.15, -0.1) is 0 Å². The fourth-order valence-corrected chi connectivity index (χ4v) is 3.98. The van der Waals surface area contributed by atoms with E-state index in [1.54, 1.807) is 24.3 Å². The summed E-state index contributed by atoms with van der Waals surface area (Å²) in [4.78, 5) is 0.277. The van der Waals surface area contributed by atoms with E-state index in [4.69, 9.17) is 0 Å². The predicted molar refractivity (Wildman–Crippen MR) is 82.3 cm³/mol. The summed E-state index contributed by atoms with van der Waals surface area (Å²) in [6.45, 7) is 0.361. The van der Waals surface area contributed by atoms with Crippen molar-refractivity contribution in [3.8, 4) is 0 Å². The molecule has 0 spiro atoms. The molecule has 0 radical (unpaired) electrons. The molecule has 0 unspecified atom stereocenters. The van der Waals surface area contributed by atoms with Gasteiger partial charge in [0.25, 0.3) is 0 Å². The lowest BCUT2D eigenvalue weighted by atomic mass is 9.88. The quantitative estimate of drug-likeness (QED) is 0.751. The zero-order chi connectivity index (χ0) is 13.9. The summed E-state index contributed by atoms with van der Waals surface area (Å²) in [5.41, 5.74) is -0.268. The van der Waals surface area contributed by atoms with E-state index in [2.05, 4.69) is 27.3 Å². The molecular weight excluding hydrogens is 377 g/mol. The predicted octanol–water partition coefficient (Wildman–Crippen LogP) is 2.12. The number of hydrogen-bond acceptors (Lipinski definition) is 3. The monoisotopic (exact) mass is 395 g/mol. The molecule has 0 aromatic heterocycles. The minimum Gasteiger partial charge on any atom is -0.396 e. The van der Waals surface area contributed by atoms with E-state index in [0.29, 0.717) is 6.54 Å². The second kappa shape index (κ2) is 6.07. The van der Waals surface area contributed by atoms with E-state index in [1.807, 2.05) is 0 Å². The van der Waals surface area contributed by atoms with E-state index >= 15 is 0 Å². The number of sulfonamides is 1. The van der Waals surface area contributed by atoms with Crippen molar-refractivity contribution in [2.24, 2.45) is 5.41 Å². The van der Waals surface area contributed by atoms with Gasteiger partial charge in [-0.1, -0.05) is 12.8 Å². The fourth-order valence-electron chi connectivity index (χ4n) is 2.46. The Bertz CT molecular complexity index is 521. The Morgan fingerprint density at radius 1 is 1.21 bits per heavy atom. The first-order chi connectivity index (χ1) is 8.97. The zero-order valence-corrected chi connectivity index (χ0v) is 13.6. The molecule has 4 nitrogen and oxygen atoms in total. The highest BCUT2D eigenvalue weighted by atomic mass is 127. The van der Waals surface area contributed by atoms with Crippen molar-refractivity contribution in [1.29, 1.82) is 0 Å². The molecule has 2 rings (SSSR count). The molecule has 0 bridgehead atoms. The van der Waals surface area contributed by atoms with Crippen LogP contribution in [0.2, 0.25) is 0 Å². The van der Waals surface area contributed by atoms with Crippen LogP contribution in [0.15, 0.2) is 29.2 Å². The maximum absolute atomic E-state index is 12.2. The summed E-state index contributed by atoms with van der Waals surface area (Å²) >= 11 is 2.14. The molecule has 1 aromatic carbocycles. The molecule has 0 amide bonds. The van der Waals surface area contributed by atoms with Crippen LogP contribution in [0.25, 0.3) is 0 Å². The number of rotatable bonds is 5.